The Bertz CT molecular complexity index is 917. The van der Waals surface area contributed by atoms with Crippen molar-refractivity contribution in [1.29, 1.82) is 0 Å². The fraction of sp³-hybridized carbons (Fsp3) is 0.304. The van der Waals surface area contributed by atoms with Gasteiger partial charge in [0.25, 0.3) is 0 Å². The molecule has 0 unspecified atom stereocenters. The minimum absolute atomic E-state index is 0. The number of nitrogens with zero attached hydrogens (tertiary/aromatic N) is 4. The van der Waals surface area contributed by atoms with Crippen molar-refractivity contribution < 1.29 is 52.2 Å². The molecule has 14 heteroatoms. The average Bonchev–Trinajstić information content (AvgIpc) is 2.78. The quantitative estimate of drug-likeness (QED) is 0.188. The van der Waals surface area contributed by atoms with Crippen molar-refractivity contribution in [3.8, 4) is 0 Å². The van der Waals surface area contributed by atoms with Gasteiger partial charge in [0.05, 0.1) is 0 Å². The second kappa shape index (κ2) is 15.0. The number of carbonyl (C=O) groups excluding carboxylic acids is 1. The second-order valence-corrected chi connectivity index (χ2v) is 9.42. The smallest absolute Gasteiger partial charge is 0.302 e. The van der Waals surface area contributed by atoms with Crippen molar-refractivity contribution >= 4 is 13.8 Å². The maximum atomic E-state index is 9.87. The summed E-state index contributed by atoms with van der Waals surface area (Å²) in [6.07, 6.45) is 8.48. The van der Waals surface area contributed by atoms with E-state index in [1.54, 1.807) is 0 Å². The molecule has 0 aromatic carbocycles. The molecule has 0 amide bonds. The zero-order chi connectivity index (χ0) is 27.1. The summed E-state index contributed by atoms with van der Waals surface area (Å²) in [5.74, 6) is -1.08. The Balaban J connectivity index is 0.000000915. The fourth-order valence-corrected chi connectivity index (χ4v) is 2.79. The molecule has 37 heavy (non-hydrogen) atoms. The molecule has 0 saturated heterocycles. The number of pyridine rings is 3. The molecular weight excluding hydrogens is 573 g/mol. The minimum Gasteiger partial charge on any atom is -0.302 e. The van der Waals surface area contributed by atoms with E-state index in [0.717, 1.165) is 62.9 Å². The van der Waals surface area contributed by atoms with Crippen LogP contribution in [0.1, 0.15) is 24.0 Å². The molecule has 3 aromatic rings. The van der Waals surface area contributed by atoms with E-state index >= 15 is 0 Å². The van der Waals surface area contributed by atoms with Crippen LogP contribution in [0.2, 0.25) is 0 Å². The molecule has 6 nitrogen and oxygen atoms in total. The maximum absolute atomic E-state index is 10.7. The Morgan fingerprint density at radius 1 is 0.703 bits per heavy atom. The zero-order valence-corrected chi connectivity index (χ0v) is 21.6. The number of carbonyl (C=O) groups is 1. The van der Waals surface area contributed by atoms with Gasteiger partial charge in [-0.2, -0.15) is 0 Å². The first-order valence-corrected chi connectivity index (χ1v) is 12.8. The van der Waals surface area contributed by atoms with Crippen LogP contribution in [0.4, 0.5) is 25.2 Å². The summed E-state index contributed by atoms with van der Waals surface area (Å²) in [7, 11) is -10.7. The average molecular weight is 600 g/mol. The van der Waals surface area contributed by atoms with Crippen LogP contribution in [-0.2, 0) is 41.1 Å². The topological polar surface area (TPSA) is 82.0 Å². The predicted octanol–water partition coefficient (Wildman–Crippen LogP) is 5.34. The zero-order valence-electron chi connectivity index (χ0n) is 19.8. The SMILES string of the molecule is CC(=O)[O-].F[P-](F)(F)(F)(F)F.[Cu+2].c1ccc(CCN(CCc2ccccn2)CCc2ccccn2)nc1. The van der Waals surface area contributed by atoms with Gasteiger partial charge >= 0.3 is 50.1 Å². The molecule has 1 radical (unpaired) electrons. The van der Waals surface area contributed by atoms with Gasteiger partial charge in [0.2, 0.25) is 0 Å². The van der Waals surface area contributed by atoms with E-state index in [9.17, 15) is 25.2 Å². The van der Waals surface area contributed by atoms with Crippen LogP contribution >= 0.6 is 7.81 Å². The molecule has 0 aliphatic carbocycles. The van der Waals surface area contributed by atoms with Crippen molar-refractivity contribution in [1.82, 2.24) is 19.9 Å². The van der Waals surface area contributed by atoms with Gasteiger partial charge in [-0.25, -0.2) is 0 Å². The first-order valence-electron chi connectivity index (χ1n) is 10.7. The van der Waals surface area contributed by atoms with E-state index in [1.165, 1.54) is 0 Å². The third-order valence-electron chi connectivity index (χ3n) is 4.23. The molecule has 209 valence electrons. The van der Waals surface area contributed by atoms with Crippen LogP contribution in [0.15, 0.2) is 73.2 Å². The van der Waals surface area contributed by atoms with E-state index < -0.39 is 13.8 Å². The van der Waals surface area contributed by atoms with Crippen molar-refractivity contribution in [3.63, 3.8) is 0 Å². The predicted molar refractivity (Wildman–Crippen MR) is 125 cm³/mol. The van der Waals surface area contributed by atoms with Crippen LogP contribution in [0.5, 0.6) is 0 Å². The van der Waals surface area contributed by atoms with Crippen molar-refractivity contribution in [2.45, 2.75) is 26.2 Å². The summed E-state index contributed by atoms with van der Waals surface area (Å²) in [6, 6.07) is 18.3. The molecule has 0 aliphatic rings. The van der Waals surface area contributed by atoms with Crippen molar-refractivity contribution in [3.05, 3.63) is 90.3 Å². The van der Waals surface area contributed by atoms with Gasteiger partial charge in [-0.1, -0.05) is 18.2 Å². The summed E-state index contributed by atoms with van der Waals surface area (Å²) in [4.78, 5) is 24.7. The fourth-order valence-electron chi connectivity index (χ4n) is 2.79. The molecule has 0 bridgehead atoms. The number of halogens is 6. The van der Waals surface area contributed by atoms with Crippen LogP contribution in [-0.4, -0.2) is 45.5 Å². The number of aromatic nitrogens is 3. The number of rotatable bonds is 9. The van der Waals surface area contributed by atoms with Crippen molar-refractivity contribution in [2.75, 3.05) is 19.6 Å². The Labute approximate surface area is 221 Å². The van der Waals surface area contributed by atoms with Gasteiger partial charge < -0.3 is 14.8 Å². The maximum Gasteiger partial charge on any atom is 2.00 e. The van der Waals surface area contributed by atoms with Crippen LogP contribution in [0, 0.1) is 0 Å². The van der Waals surface area contributed by atoms with Gasteiger partial charge in [-0.3, -0.25) is 15.0 Å². The molecule has 0 fully saturated rings. The number of hydrogen-bond acceptors (Lipinski definition) is 6. The van der Waals surface area contributed by atoms with Crippen LogP contribution < -0.4 is 5.11 Å². The normalized spacial score (nSPS) is 12.4. The van der Waals surface area contributed by atoms with E-state index in [1.807, 2.05) is 36.8 Å². The minimum atomic E-state index is -10.7. The molecule has 3 rings (SSSR count). The molecule has 3 aromatic heterocycles. The Morgan fingerprint density at radius 2 is 0.946 bits per heavy atom. The first-order chi connectivity index (χ1) is 16.6. The van der Waals surface area contributed by atoms with E-state index in [4.69, 9.17) is 9.90 Å². The standard InChI is InChI=1S/C21H24N4.C2H4O2.Cu.F6P/c1-4-13-22-19(7-1)10-16-25(17-11-20-8-2-5-14-23-20)18-12-21-9-3-6-15-24-21;1-2(3)4;;1-7(2,3,4,5)6/h1-9,13-15H,10-12,16-18H2;1H3,(H,3,4);;/q;;+2;-1/p-1. The molecule has 0 atom stereocenters. The number of carboxylic acid groups (broad SMARTS) is 1. The first kappa shape index (κ1) is 34.4. The van der Waals surface area contributed by atoms with Crippen molar-refractivity contribution in [2.24, 2.45) is 0 Å². The Kier molecular flexibility index (Phi) is 13.9. The molecule has 0 saturated carbocycles. The van der Waals surface area contributed by atoms with E-state index in [-0.39, 0.29) is 17.1 Å². The monoisotopic (exact) mass is 599 g/mol. The molecule has 0 spiro atoms. The second-order valence-electron chi connectivity index (χ2n) is 7.50. The van der Waals surface area contributed by atoms with Gasteiger partial charge in [0, 0.05) is 80.5 Å². The largest absolute Gasteiger partial charge is 2.00 e. The van der Waals surface area contributed by atoms with Gasteiger partial charge in [0.1, 0.15) is 0 Å². The summed E-state index contributed by atoms with van der Waals surface area (Å²) < 4.78 is 59.2. The number of aliphatic carboxylic acids is 1. The number of carboxylic acids is 1. The third kappa shape index (κ3) is 24.9. The van der Waals surface area contributed by atoms with Gasteiger partial charge in [0.15, 0.2) is 0 Å². The summed E-state index contributed by atoms with van der Waals surface area (Å²) >= 11 is 0. The van der Waals surface area contributed by atoms with Gasteiger partial charge in [-0.15, -0.1) is 0 Å². The van der Waals surface area contributed by atoms with Crippen LogP contribution in [0.3, 0.4) is 0 Å². The molecule has 3 heterocycles. The van der Waals surface area contributed by atoms with E-state index in [0.29, 0.717) is 0 Å². The third-order valence-corrected chi connectivity index (χ3v) is 4.23. The Hall–Kier alpha value is -2.59. The molecule has 0 N–H and O–H groups in total. The Morgan fingerprint density at radius 3 is 1.14 bits per heavy atom. The molecule has 0 aliphatic heterocycles. The van der Waals surface area contributed by atoms with Crippen LogP contribution in [0.25, 0.3) is 0 Å². The van der Waals surface area contributed by atoms with E-state index in [2.05, 4.69) is 56.3 Å². The molecular formula is C23H27CuF6N4O2P. The summed E-state index contributed by atoms with van der Waals surface area (Å²) in [5.41, 5.74) is 3.43. The summed E-state index contributed by atoms with van der Waals surface area (Å²) in [6.45, 7) is 3.96. The number of hydrogen-bond donors (Lipinski definition) is 0. The van der Waals surface area contributed by atoms with Gasteiger partial charge in [-0.05, 0) is 43.3 Å². The summed E-state index contributed by atoms with van der Waals surface area (Å²) in [5, 5.41) is 8.89.